The Labute approximate surface area is 106 Å². The van der Waals surface area contributed by atoms with E-state index in [0.717, 1.165) is 38.1 Å². The molecule has 1 atom stereocenters. The van der Waals surface area contributed by atoms with E-state index in [1.54, 1.807) is 0 Å². The summed E-state index contributed by atoms with van der Waals surface area (Å²) in [5, 5.41) is 10.5. The number of benzene rings is 1. The maximum atomic E-state index is 13.2. The fraction of sp³-hybridized carbons (Fsp3) is 0.571. The molecular formula is C14H19F2NO. The highest BCUT2D eigenvalue weighted by Gasteiger charge is 2.37. The van der Waals surface area contributed by atoms with Crippen molar-refractivity contribution in [2.75, 3.05) is 19.6 Å². The van der Waals surface area contributed by atoms with E-state index in [4.69, 9.17) is 0 Å². The number of hydrogen-bond donors (Lipinski definition) is 1. The van der Waals surface area contributed by atoms with Gasteiger partial charge in [0.15, 0.2) is 11.6 Å². The van der Waals surface area contributed by atoms with Crippen molar-refractivity contribution in [3.8, 4) is 0 Å². The number of β-amino-alcohol motifs (C(OH)–C–C–N with tert-alkyl or cyclic N) is 1. The first-order valence-corrected chi connectivity index (χ1v) is 6.45. The Balaban J connectivity index is 2.10. The minimum absolute atomic E-state index is 0.473. The van der Waals surface area contributed by atoms with Crippen LogP contribution < -0.4 is 0 Å². The molecule has 1 heterocycles. The summed E-state index contributed by atoms with van der Waals surface area (Å²) in [6.07, 6.45) is 2.77. The van der Waals surface area contributed by atoms with Gasteiger partial charge in [0.2, 0.25) is 0 Å². The molecule has 1 saturated heterocycles. The summed E-state index contributed by atoms with van der Waals surface area (Å²) >= 11 is 0. The molecular weight excluding hydrogens is 236 g/mol. The molecule has 1 fully saturated rings. The standard InChI is InChI=1S/C14H19F2NO/c1-2-3-7-17-8-6-14(18,10-17)11-4-5-12(15)13(16)9-11/h4-5,9,18H,2-3,6-8,10H2,1H3. The summed E-state index contributed by atoms with van der Waals surface area (Å²) in [5.41, 5.74) is -0.567. The van der Waals surface area contributed by atoms with Gasteiger partial charge in [0.05, 0.1) is 0 Å². The van der Waals surface area contributed by atoms with E-state index in [2.05, 4.69) is 11.8 Å². The zero-order valence-electron chi connectivity index (χ0n) is 10.6. The summed E-state index contributed by atoms with van der Waals surface area (Å²) in [5.74, 6) is -1.77. The molecule has 1 aromatic rings. The van der Waals surface area contributed by atoms with E-state index in [1.807, 2.05) is 0 Å². The SMILES string of the molecule is CCCCN1CCC(O)(c2ccc(F)c(F)c2)C1. The highest BCUT2D eigenvalue weighted by Crippen LogP contribution is 2.32. The molecule has 2 nitrogen and oxygen atoms in total. The Morgan fingerprint density at radius 1 is 1.33 bits per heavy atom. The first kappa shape index (κ1) is 13.4. The van der Waals surface area contributed by atoms with Crippen LogP contribution in [0.3, 0.4) is 0 Å². The average molecular weight is 255 g/mol. The van der Waals surface area contributed by atoms with Gasteiger partial charge in [-0.25, -0.2) is 8.78 Å². The summed E-state index contributed by atoms with van der Waals surface area (Å²) in [4.78, 5) is 2.17. The minimum Gasteiger partial charge on any atom is -0.384 e. The molecule has 0 aromatic heterocycles. The largest absolute Gasteiger partial charge is 0.384 e. The van der Waals surface area contributed by atoms with Gasteiger partial charge in [-0.2, -0.15) is 0 Å². The predicted octanol–water partition coefficient (Wildman–Crippen LogP) is 2.66. The van der Waals surface area contributed by atoms with Gasteiger partial charge in [-0.1, -0.05) is 19.4 Å². The van der Waals surface area contributed by atoms with Crippen LogP contribution in [0, 0.1) is 11.6 Å². The van der Waals surface area contributed by atoms with Gasteiger partial charge in [-0.15, -0.1) is 0 Å². The Hall–Kier alpha value is -1.00. The highest BCUT2D eigenvalue weighted by atomic mass is 19.2. The Morgan fingerprint density at radius 2 is 2.11 bits per heavy atom. The second-order valence-electron chi connectivity index (χ2n) is 5.04. The zero-order valence-corrected chi connectivity index (χ0v) is 10.6. The number of aliphatic hydroxyl groups is 1. The molecule has 0 spiro atoms. The van der Waals surface area contributed by atoms with Crippen LogP contribution in [-0.4, -0.2) is 29.6 Å². The van der Waals surface area contributed by atoms with Crippen molar-refractivity contribution in [2.45, 2.75) is 31.8 Å². The summed E-state index contributed by atoms with van der Waals surface area (Å²) in [6, 6.07) is 3.66. The second-order valence-corrected chi connectivity index (χ2v) is 5.04. The fourth-order valence-electron chi connectivity index (χ4n) is 2.46. The number of halogens is 2. The van der Waals surface area contributed by atoms with Crippen molar-refractivity contribution in [2.24, 2.45) is 0 Å². The van der Waals surface area contributed by atoms with Crippen LogP contribution in [0.2, 0.25) is 0 Å². The van der Waals surface area contributed by atoms with Gasteiger partial charge in [0.25, 0.3) is 0 Å². The summed E-state index contributed by atoms with van der Waals surface area (Å²) < 4.78 is 26.1. The van der Waals surface area contributed by atoms with Gasteiger partial charge in [0, 0.05) is 13.1 Å². The Morgan fingerprint density at radius 3 is 2.78 bits per heavy atom. The molecule has 1 aliphatic heterocycles. The molecule has 1 aliphatic rings. The third-order valence-corrected chi connectivity index (χ3v) is 3.61. The van der Waals surface area contributed by atoms with E-state index < -0.39 is 17.2 Å². The monoisotopic (exact) mass is 255 g/mol. The zero-order chi connectivity index (χ0) is 13.2. The smallest absolute Gasteiger partial charge is 0.159 e. The molecule has 1 unspecified atom stereocenters. The molecule has 100 valence electrons. The number of rotatable bonds is 4. The molecule has 18 heavy (non-hydrogen) atoms. The van der Waals surface area contributed by atoms with Gasteiger partial charge < -0.3 is 10.0 Å². The molecule has 2 rings (SSSR count). The quantitative estimate of drug-likeness (QED) is 0.894. The van der Waals surface area contributed by atoms with Crippen LogP contribution in [0.5, 0.6) is 0 Å². The van der Waals surface area contributed by atoms with E-state index in [-0.39, 0.29) is 0 Å². The lowest BCUT2D eigenvalue weighted by atomic mass is 9.93. The van der Waals surface area contributed by atoms with Crippen LogP contribution in [0.4, 0.5) is 8.78 Å². The lowest BCUT2D eigenvalue weighted by molar-refractivity contribution is 0.0456. The molecule has 4 heteroatoms. The number of nitrogens with zero attached hydrogens (tertiary/aromatic N) is 1. The van der Waals surface area contributed by atoms with Crippen molar-refractivity contribution >= 4 is 0 Å². The van der Waals surface area contributed by atoms with E-state index >= 15 is 0 Å². The normalized spacial score (nSPS) is 24.7. The fourth-order valence-corrected chi connectivity index (χ4v) is 2.46. The van der Waals surface area contributed by atoms with Gasteiger partial charge in [0.1, 0.15) is 5.60 Å². The summed E-state index contributed by atoms with van der Waals surface area (Å²) in [7, 11) is 0. The van der Waals surface area contributed by atoms with Crippen molar-refractivity contribution in [3.05, 3.63) is 35.4 Å². The summed E-state index contributed by atoms with van der Waals surface area (Å²) in [6.45, 7) is 4.37. The highest BCUT2D eigenvalue weighted by molar-refractivity contribution is 5.25. The molecule has 0 aliphatic carbocycles. The van der Waals surface area contributed by atoms with Crippen LogP contribution in [0.1, 0.15) is 31.7 Å². The first-order chi connectivity index (χ1) is 8.55. The predicted molar refractivity (Wildman–Crippen MR) is 66.2 cm³/mol. The molecule has 0 amide bonds. The molecule has 0 radical (unpaired) electrons. The van der Waals surface area contributed by atoms with Crippen LogP contribution in [0.25, 0.3) is 0 Å². The topological polar surface area (TPSA) is 23.5 Å². The Bertz CT molecular complexity index is 424. The Kier molecular flexibility index (Phi) is 3.97. The van der Waals surface area contributed by atoms with Crippen molar-refractivity contribution in [3.63, 3.8) is 0 Å². The van der Waals surface area contributed by atoms with Crippen molar-refractivity contribution < 1.29 is 13.9 Å². The first-order valence-electron chi connectivity index (χ1n) is 6.45. The maximum absolute atomic E-state index is 13.2. The molecule has 1 aromatic carbocycles. The number of hydrogen-bond acceptors (Lipinski definition) is 2. The van der Waals surface area contributed by atoms with Crippen LogP contribution in [0.15, 0.2) is 18.2 Å². The number of likely N-dealkylation sites (tertiary alicyclic amines) is 1. The van der Waals surface area contributed by atoms with Crippen molar-refractivity contribution in [1.82, 2.24) is 4.90 Å². The lowest BCUT2D eigenvalue weighted by Gasteiger charge is -2.24. The molecule has 0 bridgehead atoms. The van der Waals surface area contributed by atoms with Crippen molar-refractivity contribution in [1.29, 1.82) is 0 Å². The van der Waals surface area contributed by atoms with Gasteiger partial charge in [-0.05, 0) is 37.1 Å². The number of unbranched alkanes of at least 4 members (excludes halogenated alkanes) is 1. The van der Waals surface area contributed by atoms with Gasteiger partial charge >= 0.3 is 0 Å². The van der Waals surface area contributed by atoms with Crippen LogP contribution >= 0.6 is 0 Å². The van der Waals surface area contributed by atoms with E-state index in [1.165, 1.54) is 6.07 Å². The van der Waals surface area contributed by atoms with Crippen LogP contribution in [-0.2, 0) is 5.60 Å². The molecule has 0 saturated carbocycles. The second kappa shape index (κ2) is 5.33. The lowest BCUT2D eigenvalue weighted by Crippen LogP contribution is -2.31. The minimum atomic E-state index is -1.04. The third-order valence-electron chi connectivity index (χ3n) is 3.61. The van der Waals surface area contributed by atoms with E-state index in [0.29, 0.717) is 18.5 Å². The van der Waals surface area contributed by atoms with Gasteiger partial charge in [-0.3, -0.25) is 0 Å². The third kappa shape index (κ3) is 2.70. The van der Waals surface area contributed by atoms with E-state index in [9.17, 15) is 13.9 Å². The molecule has 1 N–H and O–H groups in total. The maximum Gasteiger partial charge on any atom is 0.159 e. The average Bonchev–Trinajstić information content (AvgIpc) is 2.73.